The third-order valence-electron chi connectivity index (χ3n) is 3.96. The number of hydrogen-bond donors (Lipinski definition) is 2. The van der Waals surface area contributed by atoms with Crippen LogP contribution in [-0.2, 0) is 9.53 Å². The van der Waals surface area contributed by atoms with Gasteiger partial charge in [0, 0.05) is 19.6 Å². The Hall–Kier alpha value is -0.650. The fraction of sp³-hybridized carbons (Fsp3) is 0.929. The molecular formula is C14H29N3O2. The molecule has 1 aliphatic heterocycles. The number of likely N-dealkylation sites (N-methyl/N-ethyl adjacent to an activating group) is 1. The van der Waals surface area contributed by atoms with Crippen molar-refractivity contribution < 1.29 is 9.53 Å². The first-order valence-corrected chi connectivity index (χ1v) is 7.20. The summed E-state index contributed by atoms with van der Waals surface area (Å²) in [7, 11) is 4.04. The average Bonchev–Trinajstić information content (AvgIpc) is 2.83. The zero-order valence-corrected chi connectivity index (χ0v) is 12.8. The fourth-order valence-corrected chi connectivity index (χ4v) is 2.42. The molecule has 0 aliphatic carbocycles. The largest absolute Gasteiger partial charge is 0.378 e. The molecule has 0 aromatic carbocycles. The van der Waals surface area contributed by atoms with E-state index in [0.717, 1.165) is 26.1 Å². The van der Waals surface area contributed by atoms with Gasteiger partial charge in [0.05, 0.1) is 18.6 Å². The highest BCUT2D eigenvalue weighted by Crippen LogP contribution is 2.34. The number of ether oxygens (including phenoxy) is 1. The van der Waals surface area contributed by atoms with Gasteiger partial charge in [-0.05, 0) is 33.0 Å². The molecule has 1 saturated heterocycles. The van der Waals surface area contributed by atoms with Crippen molar-refractivity contribution in [1.82, 2.24) is 15.5 Å². The predicted octanol–water partition coefficient (Wildman–Crippen LogP) is 0.317. The summed E-state index contributed by atoms with van der Waals surface area (Å²) >= 11 is 0. The summed E-state index contributed by atoms with van der Waals surface area (Å²) < 4.78 is 5.48. The molecular weight excluding hydrogens is 242 g/mol. The van der Waals surface area contributed by atoms with Crippen molar-refractivity contribution in [2.45, 2.75) is 20.3 Å². The Morgan fingerprint density at radius 1 is 1.42 bits per heavy atom. The van der Waals surface area contributed by atoms with Crippen LogP contribution in [0, 0.1) is 11.3 Å². The SMILES string of the molecule is CC(C)C1(C(=O)NCCOCCN(C)C)CCNC1. The topological polar surface area (TPSA) is 53.6 Å². The highest BCUT2D eigenvalue weighted by atomic mass is 16.5. The Labute approximate surface area is 117 Å². The second kappa shape index (κ2) is 7.82. The lowest BCUT2D eigenvalue weighted by Crippen LogP contribution is -2.46. The minimum Gasteiger partial charge on any atom is -0.378 e. The lowest BCUT2D eigenvalue weighted by Gasteiger charge is -2.31. The van der Waals surface area contributed by atoms with Gasteiger partial charge in [-0.25, -0.2) is 0 Å². The second-order valence-corrected chi connectivity index (χ2v) is 5.91. The Morgan fingerprint density at radius 3 is 2.68 bits per heavy atom. The van der Waals surface area contributed by atoms with Gasteiger partial charge in [0.2, 0.25) is 5.91 Å². The molecule has 0 radical (unpaired) electrons. The molecule has 0 bridgehead atoms. The van der Waals surface area contributed by atoms with Gasteiger partial charge in [-0.15, -0.1) is 0 Å². The van der Waals surface area contributed by atoms with Gasteiger partial charge >= 0.3 is 0 Å². The van der Waals surface area contributed by atoms with Crippen molar-refractivity contribution >= 4 is 5.91 Å². The van der Waals surface area contributed by atoms with Crippen LogP contribution in [-0.4, -0.2) is 64.3 Å². The molecule has 1 atom stereocenters. The molecule has 0 aromatic heterocycles. The number of hydrogen-bond acceptors (Lipinski definition) is 4. The van der Waals surface area contributed by atoms with Crippen molar-refractivity contribution in [3.05, 3.63) is 0 Å². The van der Waals surface area contributed by atoms with E-state index in [1.165, 1.54) is 0 Å². The summed E-state index contributed by atoms with van der Waals surface area (Å²) in [6.45, 7) is 8.78. The highest BCUT2D eigenvalue weighted by molar-refractivity contribution is 5.83. The van der Waals surface area contributed by atoms with Crippen molar-refractivity contribution in [2.24, 2.45) is 11.3 Å². The van der Waals surface area contributed by atoms with E-state index in [9.17, 15) is 4.79 Å². The van der Waals surface area contributed by atoms with Crippen LogP contribution in [0.3, 0.4) is 0 Å². The molecule has 1 rings (SSSR count). The first-order valence-electron chi connectivity index (χ1n) is 7.20. The van der Waals surface area contributed by atoms with Crippen molar-refractivity contribution in [3.63, 3.8) is 0 Å². The Bertz CT molecular complexity index is 274. The third kappa shape index (κ3) is 4.75. The maximum atomic E-state index is 12.3. The summed E-state index contributed by atoms with van der Waals surface area (Å²) in [5.74, 6) is 0.529. The van der Waals surface area contributed by atoms with E-state index in [2.05, 4.69) is 29.4 Å². The van der Waals surface area contributed by atoms with Gasteiger partial charge in [-0.2, -0.15) is 0 Å². The van der Waals surface area contributed by atoms with Crippen LogP contribution in [0.25, 0.3) is 0 Å². The molecule has 1 aliphatic rings. The monoisotopic (exact) mass is 271 g/mol. The standard InChI is InChI=1S/C14H29N3O2/c1-12(2)14(5-6-15-11-14)13(18)16-7-9-19-10-8-17(3)4/h12,15H,5-11H2,1-4H3,(H,16,18). The second-order valence-electron chi connectivity index (χ2n) is 5.91. The lowest BCUT2D eigenvalue weighted by atomic mass is 9.75. The van der Waals surface area contributed by atoms with Gasteiger partial charge in [-0.1, -0.05) is 13.8 Å². The number of nitrogens with one attached hydrogen (secondary N) is 2. The van der Waals surface area contributed by atoms with Crippen LogP contribution in [0.5, 0.6) is 0 Å². The van der Waals surface area contributed by atoms with E-state index in [0.29, 0.717) is 25.7 Å². The smallest absolute Gasteiger partial charge is 0.227 e. The van der Waals surface area contributed by atoms with Crippen LogP contribution >= 0.6 is 0 Å². The Balaban J connectivity index is 2.23. The normalized spacial score (nSPS) is 23.3. The number of nitrogens with zero attached hydrogens (tertiary/aromatic N) is 1. The van der Waals surface area contributed by atoms with Crippen molar-refractivity contribution in [3.8, 4) is 0 Å². The van der Waals surface area contributed by atoms with Gasteiger partial charge in [0.15, 0.2) is 0 Å². The van der Waals surface area contributed by atoms with E-state index < -0.39 is 0 Å². The molecule has 0 spiro atoms. The number of amides is 1. The maximum absolute atomic E-state index is 12.3. The molecule has 1 amide bonds. The van der Waals surface area contributed by atoms with Crippen LogP contribution in [0.1, 0.15) is 20.3 Å². The number of carbonyl (C=O) groups is 1. The van der Waals surface area contributed by atoms with Crippen LogP contribution < -0.4 is 10.6 Å². The molecule has 5 heteroatoms. The zero-order chi connectivity index (χ0) is 14.3. The summed E-state index contributed by atoms with van der Waals surface area (Å²) in [4.78, 5) is 14.4. The minimum absolute atomic E-state index is 0.170. The zero-order valence-electron chi connectivity index (χ0n) is 12.8. The molecule has 2 N–H and O–H groups in total. The van der Waals surface area contributed by atoms with Gasteiger partial charge in [0.25, 0.3) is 0 Å². The molecule has 1 unspecified atom stereocenters. The first kappa shape index (κ1) is 16.4. The summed E-state index contributed by atoms with van der Waals surface area (Å²) in [5, 5.41) is 6.32. The number of carbonyl (C=O) groups excluding carboxylic acids is 1. The predicted molar refractivity (Wildman–Crippen MR) is 77.1 cm³/mol. The van der Waals surface area contributed by atoms with Crippen molar-refractivity contribution in [2.75, 3.05) is 53.5 Å². The van der Waals surface area contributed by atoms with E-state index in [-0.39, 0.29) is 11.3 Å². The fourth-order valence-electron chi connectivity index (χ4n) is 2.42. The van der Waals surface area contributed by atoms with Gasteiger partial charge < -0.3 is 20.3 Å². The Kier molecular flexibility index (Phi) is 6.75. The highest BCUT2D eigenvalue weighted by Gasteiger charge is 2.43. The Morgan fingerprint density at radius 2 is 2.16 bits per heavy atom. The summed E-state index contributed by atoms with van der Waals surface area (Å²) in [6, 6.07) is 0. The summed E-state index contributed by atoms with van der Waals surface area (Å²) in [6.07, 6.45) is 0.929. The van der Waals surface area contributed by atoms with Crippen molar-refractivity contribution in [1.29, 1.82) is 0 Å². The molecule has 1 fully saturated rings. The van der Waals surface area contributed by atoms with Crippen LogP contribution in [0.15, 0.2) is 0 Å². The van der Waals surface area contributed by atoms with Crippen LogP contribution in [0.4, 0.5) is 0 Å². The van der Waals surface area contributed by atoms with Gasteiger partial charge in [0.1, 0.15) is 0 Å². The molecule has 5 nitrogen and oxygen atoms in total. The molecule has 19 heavy (non-hydrogen) atoms. The maximum Gasteiger partial charge on any atom is 0.227 e. The van der Waals surface area contributed by atoms with E-state index in [1.54, 1.807) is 0 Å². The molecule has 0 saturated carbocycles. The lowest BCUT2D eigenvalue weighted by molar-refractivity contribution is -0.132. The van der Waals surface area contributed by atoms with Crippen LogP contribution in [0.2, 0.25) is 0 Å². The third-order valence-corrected chi connectivity index (χ3v) is 3.96. The quantitative estimate of drug-likeness (QED) is 0.624. The minimum atomic E-state index is -0.233. The van der Waals surface area contributed by atoms with E-state index in [1.807, 2.05) is 14.1 Å². The first-order chi connectivity index (χ1) is 8.99. The van der Waals surface area contributed by atoms with E-state index in [4.69, 9.17) is 4.74 Å². The van der Waals surface area contributed by atoms with E-state index >= 15 is 0 Å². The molecule has 0 aromatic rings. The summed E-state index contributed by atoms with van der Waals surface area (Å²) in [5.41, 5.74) is -0.233. The number of rotatable bonds is 8. The average molecular weight is 271 g/mol. The molecule has 112 valence electrons. The molecule has 1 heterocycles. The van der Waals surface area contributed by atoms with Gasteiger partial charge in [-0.3, -0.25) is 4.79 Å².